The number of hydrogen-bond donors (Lipinski definition) is 1. The van der Waals surface area contributed by atoms with E-state index in [4.69, 9.17) is 4.42 Å². The lowest BCUT2D eigenvalue weighted by Crippen LogP contribution is -2.15. The summed E-state index contributed by atoms with van der Waals surface area (Å²) in [6.45, 7) is 4.45. The fourth-order valence-electron chi connectivity index (χ4n) is 2.32. The minimum Gasteiger partial charge on any atom is -0.469 e. The van der Waals surface area contributed by atoms with Crippen molar-refractivity contribution in [3.8, 4) is 0 Å². The molecule has 0 aliphatic heterocycles. The number of nitrogens with one attached hydrogen (secondary N) is 1. The zero-order valence-corrected chi connectivity index (χ0v) is 12.6. The number of hydrogen-bond acceptors (Lipinski definition) is 2. The molecule has 0 aliphatic carbocycles. The second-order valence-corrected chi connectivity index (χ2v) is 5.46. The molecule has 1 atom stereocenters. The van der Waals surface area contributed by atoms with E-state index < -0.39 is 0 Å². The summed E-state index contributed by atoms with van der Waals surface area (Å²) in [5.41, 5.74) is 2.64. The van der Waals surface area contributed by atoms with Gasteiger partial charge < -0.3 is 9.73 Å². The summed E-state index contributed by atoms with van der Waals surface area (Å²) in [4.78, 5) is 0. The van der Waals surface area contributed by atoms with Crippen LogP contribution in [0.5, 0.6) is 0 Å². The van der Waals surface area contributed by atoms with Crippen molar-refractivity contribution >= 4 is 5.69 Å². The SMILES string of the molecule is CCCCc1ccc(NC(C)CCc2ccco2)cc1. The van der Waals surface area contributed by atoms with E-state index in [0.29, 0.717) is 6.04 Å². The maximum Gasteiger partial charge on any atom is 0.103 e. The molecule has 0 amide bonds. The molecule has 0 radical (unpaired) electrons. The number of unbranched alkanes of at least 4 members (excludes halogenated alkanes) is 1. The van der Waals surface area contributed by atoms with Gasteiger partial charge in [0.15, 0.2) is 0 Å². The van der Waals surface area contributed by atoms with Crippen LogP contribution in [0.3, 0.4) is 0 Å². The average molecular weight is 271 g/mol. The van der Waals surface area contributed by atoms with Crippen LogP contribution in [-0.4, -0.2) is 6.04 Å². The Balaban J connectivity index is 1.77. The van der Waals surface area contributed by atoms with Crippen LogP contribution in [0.4, 0.5) is 5.69 Å². The number of aryl methyl sites for hydroxylation is 2. The Labute approximate surface area is 122 Å². The Hall–Kier alpha value is -1.70. The first-order valence-corrected chi connectivity index (χ1v) is 7.66. The molecule has 2 aromatic rings. The molecule has 0 saturated heterocycles. The summed E-state index contributed by atoms with van der Waals surface area (Å²) >= 11 is 0. The van der Waals surface area contributed by atoms with Crippen molar-refractivity contribution in [2.75, 3.05) is 5.32 Å². The molecule has 1 aromatic heterocycles. The van der Waals surface area contributed by atoms with Gasteiger partial charge in [0, 0.05) is 18.2 Å². The Kier molecular flexibility index (Phi) is 5.72. The lowest BCUT2D eigenvalue weighted by atomic mass is 10.1. The van der Waals surface area contributed by atoms with Crippen molar-refractivity contribution in [2.45, 2.75) is 52.0 Å². The lowest BCUT2D eigenvalue weighted by Gasteiger charge is -2.15. The van der Waals surface area contributed by atoms with Crippen LogP contribution in [0.15, 0.2) is 47.1 Å². The van der Waals surface area contributed by atoms with E-state index in [1.54, 1.807) is 6.26 Å². The summed E-state index contributed by atoms with van der Waals surface area (Å²) < 4.78 is 5.36. The van der Waals surface area contributed by atoms with E-state index in [1.807, 2.05) is 12.1 Å². The number of benzene rings is 1. The first kappa shape index (κ1) is 14.7. The van der Waals surface area contributed by atoms with Gasteiger partial charge in [-0.3, -0.25) is 0 Å². The molecule has 2 nitrogen and oxygen atoms in total. The monoisotopic (exact) mass is 271 g/mol. The second-order valence-electron chi connectivity index (χ2n) is 5.46. The van der Waals surface area contributed by atoms with Crippen molar-refractivity contribution < 1.29 is 4.42 Å². The van der Waals surface area contributed by atoms with Crippen LogP contribution in [-0.2, 0) is 12.8 Å². The topological polar surface area (TPSA) is 25.2 Å². The average Bonchev–Trinajstić information content (AvgIpc) is 2.98. The fraction of sp³-hybridized carbons (Fsp3) is 0.444. The summed E-state index contributed by atoms with van der Waals surface area (Å²) in [6.07, 6.45) is 7.50. The largest absolute Gasteiger partial charge is 0.469 e. The zero-order chi connectivity index (χ0) is 14.2. The normalized spacial score (nSPS) is 12.3. The summed E-state index contributed by atoms with van der Waals surface area (Å²) in [5, 5.41) is 3.55. The first-order valence-electron chi connectivity index (χ1n) is 7.66. The molecule has 0 saturated carbocycles. The van der Waals surface area contributed by atoms with Gasteiger partial charge >= 0.3 is 0 Å². The van der Waals surface area contributed by atoms with Gasteiger partial charge in [-0.05, 0) is 56.0 Å². The third-order valence-electron chi connectivity index (χ3n) is 3.59. The third kappa shape index (κ3) is 4.76. The molecule has 2 heteroatoms. The molecule has 0 bridgehead atoms. The van der Waals surface area contributed by atoms with Gasteiger partial charge in [0.2, 0.25) is 0 Å². The molecule has 108 valence electrons. The van der Waals surface area contributed by atoms with E-state index in [1.165, 1.54) is 30.5 Å². The number of anilines is 1. The van der Waals surface area contributed by atoms with Crippen LogP contribution >= 0.6 is 0 Å². The fourth-order valence-corrected chi connectivity index (χ4v) is 2.32. The quantitative estimate of drug-likeness (QED) is 0.726. The van der Waals surface area contributed by atoms with Crippen LogP contribution < -0.4 is 5.32 Å². The Morgan fingerprint density at radius 2 is 1.90 bits per heavy atom. The molecule has 1 heterocycles. The van der Waals surface area contributed by atoms with Gasteiger partial charge in [-0.25, -0.2) is 0 Å². The van der Waals surface area contributed by atoms with Crippen molar-refractivity contribution in [1.29, 1.82) is 0 Å². The molecule has 1 unspecified atom stereocenters. The summed E-state index contributed by atoms with van der Waals surface area (Å²) in [5.74, 6) is 1.06. The summed E-state index contributed by atoms with van der Waals surface area (Å²) in [7, 11) is 0. The molecule has 0 fully saturated rings. The number of rotatable bonds is 8. The van der Waals surface area contributed by atoms with Gasteiger partial charge in [-0.2, -0.15) is 0 Å². The van der Waals surface area contributed by atoms with Gasteiger partial charge in [-0.15, -0.1) is 0 Å². The van der Waals surface area contributed by atoms with E-state index in [-0.39, 0.29) is 0 Å². The molecule has 2 rings (SSSR count). The maximum absolute atomic E-state index is 5.36. The Bertz CT molecular complexity index is 473. The van der Waals surface area contributed by atoms with E-state index >= 15 is 0 Å². The molecular formula is C18H25NO. The highest BCUT2D eigenvalue weighted by Gasteiger charge is 2.04. The summed E-state index contributed by atoms with van der Waals surface area (Å²) in [6, 6.07) is 13.3. The zero-order valence-electron chi connectivity index (χ0n) is 12.6. The minimum absolute atomic E-state index is 0.446. The van der Waals surface area contributed by atoms with Crippen molar-refractivity contribution in [2.24, 2.45) is 0 Å². The molecule has 0 aliphatic rings. The number of furan rings is 1. The maximum atomic E-state index is 5.36. The Morgan fingerprint density at radius 1 is 1.10 bits per heavy atom. The highest BCUT2D eigenvalue weighted by Crippen LogP contribution is 2.14. The highest BCUT2D eigenvalue weighted by molar-refractivity contribution is 5.45. The highest BCUT2D eigenvalue weighted by atomic mass is 16.3. The second kappa shape index (κ2) is 7.78. The molecule has 0 spiro atoms. The first-order chi connectivity index (χ1) is 9.78. The van der Waals surface area contributed by atoms with E-state index in [0.717, 1.165) is 18.6 Å². The van der Waals surface area contributed by atoms with E-state index in [9.17, 15) is 0 Å². The third-order valence-corrected chi connectivity index (χ3v) is 3.59. The smallest absolute Gasteiger partial charge is 0.103 e. The molecule has 1 N–H and O–H groups in total. The van der Waals surface area contributed by atoms with Crippen LogP contribution in [0.2, 0.25) is 0 Å². The van der Waals surface area contributed by atoms with E-state index in [2.05, 4.69) is 43.4 Å². The Morgan fingerprint density at radius 3 is 2.55 bits per heavy atom. The molecule has 1 aromatic carbocycles. The predicted octanol–water partition coefficient (Wildman–Crippen LogP) is 5.06. The lowest BCUT2D eigenvalue weighted by molar-refractivity contribution is 0.495. The van der Waals surface area contributed by atoms with Crippen molar-refractivity contribution in [3.63, 3.8) is 0 Å². The van der Waals surface area contributed by atoms with Crippen molar-refractivity contribution in [1.82, 2.24) is 0 Å². The minimum atomic E-state index is 0.446. The molecule has 20 heavy (non-hydrogen) atoms. The van der Waals surface area contributed by atoms with Gasteiger partial charge in [0.05, 0.1) is 6.26 Å². The van der Waals surface area contributed by atoms with Crippen molar-refractivity contribution in [3.05, 3.63) is 54.0 Å². The standard InChI is InChI=1S/C18H25NO/c1-3-4-6-16-9-11-17(12-10-16)19-15(2)8-13-18-7-5-14-20-18/h5,7,9-12,14-15,19H,3-4,6,8,13H2,1-2H3. The van der Waals surface area contributed by atoms with Gasteiger partial charge in [0.25, 0.3) is 0 Å². The predicted molar refractivity (Wildman–Crippen MR) is 85.2 cm³/mol. The van der Waals surface area contributed by atoms with Crippen LogP contribution in [0, 0.1) is 0 Å². The van der Waals surface area contributed by atoms with Gasteiger partial charge in [-0.1, -0.05) is 25.5 Å². The van der Waals surface area contributed by atoms with Crippen LogP contribution in [0.1, 0.15) is 44.4 Å². The van der Waals surface area contributed by atoms with Gasteiger partial charge in [0.1, 0.15) is 5.76 Å². The van der Waals surface area contributed by atoms with Crippen LogP contribution in [0.25, 0.3) is 0 Å². The molecular weight excluding hydrogens is 246 g/mol.